The summed E-state index contributed by atoms with van der Waals surface area (Å²) in [6, 6.07) is 6.61. The number of rotatable bonds is 5. The Hall–Kier alpha value is -0.910. The highest BCUT2D eigenvalue weighted by atomic mass is 32.2. The molecule has 4 nitrogen and oxygen atoms in total. The SMILES string of the molecule is CN(CC1CCC1)S(=O)(=O)c1ccccc1CO. The summed E-state index contributed by atoms with van der Waals surface area (Å²) < 4.78 is 26.2. The first kappa shape index (κ1) is 13.5. The number of aliphatic hydroxyl groups is 1. The summed E-state index contributed by atoms with van der Waals surface area (Å²) >= 11 is 0. The molecule has 0 amide bonds. The molecule has 0 aromatic heterocycles. The summed E-state index contributed by atoms with van der Waals surface area (Å²) in [5, 5.41) is 9.22. The van der Waals surface area contributed by atoms with Gasteiger partial charge in [0.05, 0.1) is 11.5 Å². The Morgan fingerprint density at radius 3 is 2.56 bits per heavy atom. The molecule has 1 N–H and O–H groups in total. The molecule has 5 heteroatoms. The zero-order valence-corrected chi connectivity index (χ0v) is 11.4. The van der Waals surface area contributed by atoms with Crippen molar-refractivity contribution >= 4 is 10.0 Å². The predicted molar refractivity (Wildman–Crippen MR) is 69.5 cm³/mol. The number of aliphatic hydroxyl groups excluding tert-OH is 1. The Morgan fingerprint density at radius 2 is 2.00 bits per heavy atom. The molecule has 1 saturated carbocycles. The second kappa shape index (κ2) is 5.38. The zero-order valence-electron chi connectivity index (χ0n) is 10.5. The van der Waals surface area contributed by atoms with Gasteiger partial charge in [-0.15, -0.1) is 0 Å². The number of hydrogen-bond acceptors (Lipinski definition) is 3. The van der Waals surface area contributed by atoms with Gasteiger partial charge in [-0.1, -0.05) is 24.6 Å². The Morgan fingerprint density at radius 1 is 1.33 bits per heavy atom. The lowest BCUT2D eigenvalue weighted by atomic mass is 9.86. The van der Waals surface area contributed by atoms with Crippen LogP contribution in [0.15, 0.2) is 29.2 Å². The molecule has 0 bridgehead atoms. The van der Waals surface area contributed by atoms with Gasteiger partial charge in [-0.25, -0.2) is 12.7 Å². The third-order valence-electron chi connectivity index (χ3n) is 3.57. The summed E-state index contributed by atoms with van der Waals surface area (Å²) in [5.74, 6) is 0.492. The molecule has 2 rings (SSSR count). The van der Waals surface area contributed by atoms with E-state index in [4.69, 9.17) is 0 Å². The fourth-order valence-electron chi connectivity index (χ4n) is 2.19. The highest BCUT2D eigenvalue weighted by molar-refractivity contribution is 7.89. The van der Waals surface area contributed by atoms with Crippen molar-refractivity contribution in [2.24, 2.45) is 5.92 Å². The van der Waals surface area contributed by atoms with Gasteiger partial charge in [0.2, 0.25) is 10.0 Å². The first-order chi connectivity index (χ1) is 8.55. The number of sulfonamides is 1. The number of hydrogen-bond donors (Lipinski definition) is 1. The van der Waals surface area contributed by atoms with Crippen LogP contribution in [0.1, 0.15) is 24.8 Å². The van der Waals surface area contributed by atoms with Crippen molar-refractivity contribution in [2.75, 3.05) is 13.6 Å². The van der Waals surface area contributed by atoms with Gasteiger partial charge in [0.15, 0.2) is 0 Å². The molecule has 1 aliphatic carbocycles. The number of benzene rings is 1. The van der Waals surface area contributed by atoms with Crippen LogP contribution in [-0.4, -0.2) is 31.4 Å². The van der Waals surface area contributed by atoms with Gasteiger partial charge in [-0.3, -0.25) is 0 Å². The molecule has 100 valence electrons. The third kappa shape index (κ3) is 2.58. The van der Waals surface area contributed by atoms with Crippen LogP contribution in [0, 0.1) is 5.92 Å². The molecule has 0 radical (unpaired) electrons. The largest absolute Gasteiger partial charge is 0.392 e. The quantitative estimate of drug-likeness (QED) is 0.883. The summed E-state index contributed by atoms with van der Waals surface area (Å²) in [6.45, 7) is 0.314. The van der Waals surface area contributed by atoms with Crippen LogP contribution in [0.3, 0.4) is 0 Å². The van der Waals surface area contributed by atoms with Gasteiger partial charge in [0.25, 0.3) is 0 Å². The lowest BCUT2D eigenvalue weighted by Crippen LogP contribution is -2.34. The molecule has 1 aromatic rings. The Bertz CT molecular complexity index is 509. The molecular weight excluding hydrogens is 250 g/mol. The van der Waals surface area contributed by atoms with Crippen molar-refractivity contribution in [3.05, 3.63) is 29.8 Å². The van der Waals surface area contributed by atoms with Crippen molar-refractivity contribution in [1.29, 1.82) is 0 Å². The normalized spacial score (nSPS) is 16.8. The summed E-state index contributed by atoms with van der Waals surface area (Å²) in [6.07, 6.45) is 3.43. The van der Waals surface area contributed by atoms with E-state index in [9.17, 15) is 13.5 Å². The van der Waals surface area contributed by atoms with Gasteiger partial charge in [0, 0.05) is 13.6 Å². The van der Waals surface area contributed by atoms with E-state index in [0.29, 0.717) is 18.0 Å². The lowest BCUT2D eigenvalue weighted by molar-refractivity contribution is 0.261. The first-order valence-electron chi connectivity index (χ1n) is 6.21. The summed E-state index contributed by atoms with van der Waals surface area (Å²) in [7, 11) is -1.87. The molecule has 1 fully saturated rings. The Labute approximate surface area is 108 Å². The van der Waals surface area contributed by atoms with Crippen LogP contribution in [0.2, 0.25) is 0 Å². The standard InChI is InChI=1S/C13H19NO3S/c1-14(9-11-5-4-6-11)18(16,17)13-8-3-2-7-12(13)10-15/h2-3,7-8,11,15H,4-6,9-10H2,1H3. The third-order valence-corrected chi connectivity index (χ3v) is 5.50. The highest BCUT2D eigenvalue weighted by Gasteiger charge is 2.27. The van der Waals surface area contributed by atoms with E-state index in [-0.39, 0.29) is 11.5 Å². The van der Waals surface area contributed by atoms with E-state index in [2.05, 4.69) is 0 Å². The number of nitrogens with zero attached hydrogens (tertiary/aromatic N) is 1. The minimum absolute atomic E-state index is 0.217. The smallest absolute Gasteiger partial charge is 0.243 e. The fourth-order valence-corrected chi connectivity index (χ4v) is 3.65. The zero-order chi connectivity index (χ0) is 13.2. The van der Waals surface area contributed by atoms with Crippen LogP contribution >= 0.6 is 0 Å². The topological polar surface area (TPSA) is 57.6 Å². The van der Waals surface area contributed by atoms with Gasteiger partial charge in [0.1, 0.15) is 0 Å². The van der Waals surface area contributed by atoms with Crippen molar-refractivity contribution in [3.63, 3.8) is 0 Å². The summed E-state index contributed by atoms with van der Waals surface area (Å²) in [4.78, 5) is 0.217. The molecule has 0 saturated heterocycles. The van der Waals surface area contributed by atoms with Crippen molar-refractivity contribution in [1.82, 2.24) is 4.31 Å². The maximum Gasteiger partial charge on any atom is 0.243 e. The van der Waals surface area contributed by atoms with Crippen molar-refractivity contribution in [3.8, 4) is 0 Å². The van der Waals surface area contributed by atoms with Gasteiger partial charge >= 0.3 is 0 Å². The van der Waals surface area contributed by atoms with E-state index in [0.717, 1.165) is 12.8 Å². The minimum Gasteiger partial charge on any atom is -0.392 e. The average molecular weight is 269 g/mol. The molecular formula is C13H19NO3S. The second-order valence-electron chi connectivity index (χ2n) is 4.85. The maximum atomic E-state index is 12.4. The van der Waals surface area contributed by atoms with E-state index in [1.807, 2.05) is 0 Å². The van der Waals surface area contributed by atoms with E-state index < -0.39 is 10.0 Å². The van der Waals surface area contributed by atoms with Crippen molar-refractivity contribution < 1.29 is 13.5 Å². The fraction of sp³-hybridized carbons (Fsp3) is 0.538. The van der Waals surface area contributed by atoms with Gasteiger partial charge in [-0.2, -0.15) is 0 Å². The molecule has 1 aromatic carbocycles. The van der Waals surface area contributed by atoms with Crippen LogP contribution in [0.25, 0.3) is 0 Å². The van der Waals surface area contributed by atoms with E-state index in [1.54, 1.807) is 31.3 Å². The van der Waals surface area contributed by atoms with Crippen LogP contribution in [0.5, 0.6) is 0 Å². The molecule has 18 heavy (non-hydrogen) atoms. The maximum absolute atomic E-state index is 12.4. The average Bonchev–Trinajstić information content (AvgIpc) is 2.33. The van der Waals surface area contributed by atoms with Gasteiger partial charge in [-0.05, 0) is 30.4 Å². The van der Waals surface area contributed by atoms with E-state index in [1.165, 1.54) is 10.7 Å². The van der Waals surface area contributed by atoms with Crippen molar-refractivity contribution in [2.45, 2.75) is 30.8 Å². The molecule has 0 unspecified atom stereocenters. The monoisotopic (exact) mass is 269 g/mol. The molecule has 0 aliphatic heterocycles. The molecule has 1 aliphatic rings. The highest BCUT2D eigenvalue weighted by Crippen LogP contribution is 2.29. The van der Waals surface area contributed by atoms with Crippen LogP contribution in [0.4, 0.5) is 0 Å². The molecule has 0 atom stereocenters. The van der Waals surface area contributed by atoms with Crippen LogP contribution in [-0.2, 0) is 16.6 Å². The lowest BCUT2D eigenvalue weighted by Gasteiger charge is -2.30. The van der Waals surface area contributed by atoms with Crippen LogP contribution < -0.4 is 0 Å². The predicted octanol–water partition coefficient (Wildman–Crippen LogP) is 1.60. The Balaban J connectivity index is 2.23. The Kier molecular flexibility index (Phi) is 4.04. The first-order valence-corrected chi connectivity index (χ1v) is 7.65. The van der Waals surface area contributed by atoms with Gasteiger partial charge < -0.3 is 5.11 Å². The molecule has 0 spiro atoms. The summed E-state index contributed by atoms with van der Waals surface area (Å²) in [5.41, 5.74) is 0.456. The minimum atomic E-state index is -3.48. The molecule has 0 heterocycles. The second-order valence-corrected chi connectivity index (χ2v) is 6.86. The van der Waals surface area contributed by atoms with E-state index >= 15 is 0 Å².